The van der Waals surface area contributed by atoms with Gasteiger partial charge in [0.15, 0.2) is 5.13 Å². The number of nitrogens with zero attached hydrogens (tertiary/aromatic N) is 3. The summed E-state index contributed by atoms with van der Waals surface area (Å²) in [6.45, 7) is 3.63. The molecule has 2 aromatic carbocycles. The molecule has 0 bridgehead atoms. The lowest BCUT2D eigenvalue weighted by Gasteiger charge is -2.28. The maximum absolute atomic E-state index is 12.4. The minimum atomic E-state index is -0.351. The predicted molar refractivity (Wildman–Crippen MR) is 148 cm³/mol. The molecule has 1 aliphatic heterocycles. The Kier molecular flexibility index (Phi) is 7.38. The van der Waals surface area contributed by atoms with E-state index in [0.29, 0.717) is 16.4 Å². The average molecular weight is 514 g/mol. The number of hydrogen-bond acceptors (Lipinski definition) is 8. The topological polar surface area (TPSA) is 125 Å². The monoisotopic (exact) mass is 513 g/mol. The summed E-state index contributed by atoms with van der Waals surface area (Å²) in [5, 5.41) is 11.1. The molecule has 9 nitrogen and oxygen atoms in total. The Labute approximate surface area is 218 Å². The zero-order chi connectivity index (χ0) is 25.6. The first-order valence-corrected chi connectivity index (χ1v) is 12.8. The van der Waals surface area contributed by atoms with Gasteiger partial charge in [0, 0.05) is 54.6 Å². The lowest BCUT2D eigenvalue weighted by molar-refractivity contribution is -0.115. The van der Waals surface area contributed by atoms with Crippen molar-refractivity contribution in [3.63, 3.8) is 0 Å². The zero-order valence-electron chi connectivity index (χ0n) is 20.1. The molecule has 0 aliphatic carbocycles. The lowest BCUT2D eigenvalue weighted by Crippen LogP contribution is -2.43. The quantitative estimate of drug-likeness (QED) is 0.280. The molecule has 0 spiro atoms. The summed E-state index contributed by atoms with van der Waals surface area (Å²) >= 11 is 1.34. The number of nitrogens with one attached hydrogen (secondary N) is 3. The molecular formula is C27H27N7O2S. The first-order chi connectivity index (χ1) is 18.0. The van der Waals surface area contributed by atoms with Crippen LogP contribution in [-0.2, 0) is 4.79 Å². The molecule has 0 unspecified atom stereocenters. The molecule has 2 amide bonds. The summed E-state index contributed by atoms with van der Waals surface area (Å²) in [6.07, 6.45) is 1.85. The second kappa shape index (κ2) is 11.2. The molecular weight excluding hydrogens is 486 g/mol. The Morgan fingerprint density at radius 2 is 1.76 bits per heavy atom. The van der Waals surface area contributed by atoms with Crippen molar-refractivity contribution in [2.75, 3.05) is 48.7 Å². The number of thiazole rings is 1. The van der Waals surface area contributed by atoms with Crippen LogP contribution in [0.3, 0.4) is 0 Å². The molecule has 10 heteroatoms. The van der Waals surface area contributed by atoms with E-state index in [1.807, 2.05) is 29.8 Å². The Hall–Kier alpha value is -4.28. The van der Waals surface area contributed by atoms with Crippen LogP contribution in [-0.4, -0.2) is 54.5 Å². The van der Waals surface area contributed by atoms with Crippen LogP contribution in [0.5, 0.6) is 0 Å². The maximum Gasteiger partial charge on any atom is 0.251 e. The van der Waals surface area contributed by atoms with E-state index < -0.39 is 0 Å². The largest absolute Gasteiger partial charge is 0.399 e. The fourth-order valence-corrected chi connectivity index (χ4v) is 4.78. The number of nitrogens with two attached hydrogens (primary N) is 1. The number of benzene rings is 2. The van der Waals surface area contributed by atoms with Gasteiger partial charge in [-0.25, -0.2) is 9.97 Å². The highest BCUT2D eigenvalue weighted by Gasteiger charge is 2.14. The van der Waals surface area contributed by atoms with Crippen molar-refractivity contribution in [2.45, 2.75) is 0 Å². The molecule has 0 radical (unpaired) electrons. The number of carbonyl (C=O) groups excluding carboxylic acids is 2. The summed E-state index contributed by atoms with van der Waals surface area (Å²) in [4.78, 5) is 36.0. The van der Waals surface area contributed by atoms with E-state index >= 15 is 0 Å². The van der Waals surface area contributed by atoms with Gasteiger partial charge in [0.25, 0.3) is 5.91 Å². The molecule has 1 saturated heterocycles. The number of anilines is 3. The molecule has 5 N–H and O–H groups in total. The van der Waals surface area contributed by atoms with Gasteiger partial charge in [0.2, 0.25) is 5.91 Å². The normalized spacial score (nSPS) is 13.2. The number of carbonyl (C=O) groups is 2. The summed E-state index contributed by atoms with van der Waals surface area (Å²) in [5.74, 6) is 0.283. The molecule has 2 aromatic heterocycles. The number of hydrogen-bond donors (Lipinski definition) is 4. The van der Waals surface area contributed by atoms with E-state index in [0.717, 1.165) is 54.4 Å². The number of aromatic nitrogens is 2. The fourth-order valence-electron chi connectivity index (χ4n) is 4.05. The molecule has 0 atom stereocenters. The highest BCUT2D eigenvalue weighted by atomic mass is 32.1. The third-order valence-electron chi connectivity index (χ3n) is 6.01. The van der Waals surface area contributed by atoms with Crippen molar-refractivity contribution in [2.24, 2.45) is 0 Å². The van der Waals surface area contributed by atoms with Gasteiger partial charge in [-0.1, -0.05) is 18.2 Å². The van der Waals surface area contributed by atoms with Crippen LogP contribution < -0.4 is 26.6 Å². The lowest BCUT2D eigenvalue weighted by atomic mass is 10.0. The van der Waals surface area contributed by atoms with E-state index in [-0.39, 0.29) is 18.4 Å². The summed E-state index contributed by atoms with van der Waals surface area (Å²) < 4.78 is 0. The summed E-state index contributed by atoms with van der Waals surface area (Å²) in [6, 6.07) is 18.8. The van der Waals surface area contributed by atoms with Crippen LogP contribution in [0.2, 0.25) is 0 Å². The van der Waals surface area contributed by atoms with Gasteiger partial charge in [0.1, 0.15) is 5.82 Å². The number of pyridine rings is 1. The number of piperazine rings is 1. The highest BCUT2D eigenvalue weighted by molar-refractivity contribution is 7.14. The molecule has 1 fully saturated rings. The molecule has 37 heavy (non-hydrogen) atoms. The minimum absolute atomic E-state index is 0.162. The SMILES string of the molecule is Nc1ccc(C(=O)NCC(=O)Nc2nc(-c3cccc(-c4ccnc(N5CCNCC5)c4)c3)cs2)cc1. The van der Waals surface area contributed by atoms with Crippen LogP contribution in [0.4, 0.5) is 16.6 Å². The third-order valence-corrected chi connectivity index (χ3v) is 6.77. The predicted octanol–water partition coefficient (Wildman–Crippen LogP) is 3.23. The van der Waals surface area contributed by atoms with Crippen LogP contribution in [0, 0.1) is 0 Å². The molecule has 1 aliphatic rings. The summed E-state index contributed by atoms with van der Waals surface area (Å²) in [5.41, 5.74) is 10.5. The first-order valence-electron chi connectivity index (χ1n) is 12.0. The third kappa shape index (κ3) is 6.11. The maximum atomic E-state index is 12.4. The van der Waals surface area contributed by atoms with Gasteiger partial charge in [0.05, 0.1) is 12.2 Å². The van der Waals surface area contributed by atoms with Crippen molar-refractivity contribution in [1.82, 2.24) is 20.6 Å². The number of amides is 2. The van der Waals surface area contributed by atoms with Crippen LogP contribution in [0.15, 0.2) is 72.2 Å². The van der Waals surface area contributed by atoms with Crippen molar-refractivity contribution in [3.05, 3.63) is 77.8 Å². The van der Waals surface area contributed by atoms with E-state index in [4.69, 9.17) is 5.73 Å². The van der Waals surface area contributed by atoms with Crippen LogP contribution in [0.25, 0.3) is 22.4 Å². The van der Waals surface area contributed by atoms with Gasteiger partial charge in [-0.15, -0.1) is 11.3 Å². The van der Waals surface area contributed by atoms with Crippen LogP contribution >= 0.6 is 11.3 Å². The fraction of sp³-hybridized carbons (Fsp3) is 0.185. The zero-order valence-corrected chi connectivity index (χ0v) is 20.9. The van der Waals surface area contributed by atoms with E-state index in [2.05, 4.69) is 49.0 Å². The second-order valence-electron chi connectivity index (χ2n) is 8.61. The Bertz CT molecular complexity index is 1400. The Morgan fingerprint density at radius 1 is 1.00 bits per heavy atom. The number of nitrogen functional groups attached to an aromatic ring is 1. The van der Waals surface area contributed by atoms with Crippen molar-refractivity contribution in [3.8, 4) is 22.4 Å². The Balaban J connectivity index is 1.22. The molecule has 5 rings (SSSR count). The Morgan fingerprint density at radius 3 is 2.57 bits per heavy atom. The van der Waals surface area contributed by atoms with Crippen molar-refractivity contribution >= 4 is 39.8 Å². The van der Waals surface area contributed by atoms with Crippen LogP contribution in [0.1, 0.15) is 10.4 Å². The highest BCUT2D eigenvalue weighted by Crippen LogP contribution is 2.30. The molecule has 3 heterocycles. The minimum Gasteiger partial charge on any atom is -0.399 e. The van der Waals surface area contributed by atoms with Gasteiger partial charge in [-0.3, -0.25) is 9.59 Å². The van der Waals surface area contributed by atoms with Gasteiger partial charge in [-0.05, 0) is 53.6 Å². The van der Waals surface area contributed by atoms with Gasteiger partial charge in [-0.2, -0.15) is 0 Å². The smallest absolute Gasteiger partial charge is 0.251 e. The second-order valence-corrected chi connectivity index (χ2v) is 9.47. The summed E-state index contributed by atoms with van der Waals surface area (Å²) in [7, 11) is 0. The standard InChI is InChI=1S/C27H27N7O2S/c28-22-6-4-18(5-7-22)26(36)31-16-25(35)33-27-32-23(17-37-27)21-3-1-2-19(14-21)20-8-9-30-24(15-20)34-12-10-29-11-13-34/h1-9,14-15,17,29H,10-13,16,28H2,(H,31,36)(H,32,33,35). The van der Waals surface area contributed by atoms with E-state index in [9.17, 15) is 9.59 Å². The van der Waals surface area contributed by atoms with Gasteiger partial charge < -0.3 is 26.6 Å². The molecule has 4 aromatic rings. The average Bonchev–Trinajstić information content (AvgIpc) is 3.41. The van der Waals surface area contributed by atoms with E-state index in [1.54, 1.807) is 24.3 Å². The van der Waals surface area contributed by atoms with Gasteiger partial charge >= 0.3 is 0 Å². The van der Waals surface area contributed by atoms with Crippen molar-refractivity contribution < 1.29 is 9.59 Å². The number of rotatable bonds is 7. The van der Waals surface area contributed by atoms with Crippen molar-refractivity contribution in [1.29, 1.82) is 0 Å². The first kappa shape index (κ1) is 24.4. The van der Waals surface area contributed by atoms with E-state index in [1.165, 1.54) is 11.3 Å². The molecule has 188 valence electrons. The molecule has 0 saturated carbocycles.